The molecule has 55 heavy (non-hydrogen) atoms. The van der Waals surface area contributed by atoms with Crippen LogP contribution in [0.15, 0.2) is 97.1 Å². The van der Waals surface area contributed by atoms with Gasteiger partial charge < -0.3 is 33.5 Å². The van der Waals surface area contributed by atoms with Gasteiger partial charge in [-0.3, -0.25) is 0 Å². The quantitative estimate of drug-likeness (QED) is 0.0902. The summed E-state index contributed by atoms with van der Waals surface area (Å²) in [5, 5.41) is 11.1. The first-order chi connectivity index (χ1) is 26.2. The number of ether oxygens (including phenoxy) is 6. The fourth-order valence-corrected chi connectivity index (χ4v) is 7.69. The molecule has 5 atom stereocenters. The van der Waals surface area contributed by atoms with Crippen LogP contribution in [0.4, 0.5) is 0 Å². The van der Waals surface area contributed by atoms with E-state index in [1.54, 1.807) is 0 Å². The van der Waals surface area contributed by atoms with Gasteiger partial charge in [0.1, 0.15) is 53.5 Å². The number of aliphatic hydroxyl groups is 1. The van der Waals surface area contributed by atoms with Crippen LogP contribution in [-0.4, -0.2) is 61.0 Å². The van der Waals surface area contributed by atoms with Crippen molar-refractivity contribution in [2.75, 3.05) is 26.4 Å². The normalized spacial score (nSPS) is 20.8. The molecule has 294 valence electrons. The Morgan fingerprint density at radius 1 is 0.600 bits per heavy atom. The van der Waals surface area contributed by atoms with E-state index in [1.807, 2.05) is 36.4 Å². The zero-order valence-corrected chi connectivity index (χ0v) is 33.8. The van der Waals surface area contributed by atoms with Gasteiger partial charge in [-0.2, -0.15) is 0 Å². The highest BCUT2D eigenvalue weighted by Gasteiger charge is 2.47. The summed E-state index contributed by atoms with van der Waals surface area (Å²) in [4.78, 5) is 0. The van der Waals surface area contributed by atoms with Crippen molar-refractivity contribution in [1.82, 2.24) is 0 Å². The van der Waals surface area contributed by atoms with Gasteiger partial charge in [0.05, 0.1) is 25.4 Å². The van der Waals surface area contributed by atoms with Gasteiger partial charge in [0.25, 0.3) is 0 Å². The second-order valence-corrected chi connectivity index (χ2v) is 17.5. The Balaban J connectivity index is 0.894. The van der Waals surface area contributed by atoms with Gasteiger partial charge in [-0.1, -0.05) is 83.1 Å². The predicted molar refractivity (Wildman–Crippen MR) is 217 cm³/mol. The number of epoxide rings is 2. The van der Waals surface area contributed by atoms with Crippen molar-refractivity contribution in [3.05, 3.63) is 119 Å². The van der Waals surface area contributed by atoms with Gasteiger partial charge in [0, 0.05) is 23.7 Å². The number of hydrogen-bond acceptors (Lipinski definition) is 7. The average Bonchev–Trinajstić information content (AvgIpc) is 4.00. The summed E-state index contributed by atoms with van der Waals surface area (Å²) < 4.78 is 35.8. The molecule has 2 saturated heterocycles. The molecular formula is C48H60O7. The molecule has 0 radical (unpaired) electrons. The molecule has 0 aromatic heterocycles. The highest BCUT2D eigenvalue weighted by molar-refractivity contribution is 5.43. The fourth-order valence-electron chi connectivity index (χ4n) is 7.69. The Labute approximate surface area is 328 Å². The highest BCUT2D eigenvalue weighted by atomic mass is 16.6. The Morgan fingerprint density at radius 2 is 1.02 bits per heavy atom. The van der Waals surface area contributed by atoms with E-state index in [0.29, 0.717) is 25.0 Å². The maximum atomic E-state index is 11.1. The van der Waals surface area contributed by atoms with Crippen molar-refractivity contribution in [2.45, 2.75) is 121 Å². The van der Waals surface area contributed by atoms with E-state index in [1.165, 1.54) is 35.1 Å². The Morgan fingerprint density at radius 3 is 1.44 bits per heavy atom. The maximum absolute atomic E-state index is 11.1. The summed E-state index contributed by atoms with van der Waals surface area (Å²) in [6, 6.07) is 33.5. The standard InChI is InChI=1S/C48H60O7/c1-8-47(6,54-41-23-15-35(16-24-41)45(2,3)34-13-21-40(22-14-34)51-31-44-32-53-44)27-38(49)29-50-39-19-11-33(12-20-39)46(4,5)36-17-25-42(26-18-36)55-48(7,37-9-10-37)28-43-30-52-43/h11-26,37-38,43-44,49H,8-10,27-32H2,1-7H3/t38?,43?,44?,47-,48?/m0/s1. The lowest BCUT2D eigenvalue weighted by Gasteiger charge is -2.32. The van der Waals surface area contributed by atoms with Crippen molar-refractivity contribution in [3.8, 4) is 23.0 Å². The molecule has 1 saturated carbocycles. The molecule has 3 fully saturated rings. The zero-order chi connectivity index (χ0) is 38.8. The van der Waals surface area contributed by atoms with E-state index in [0.717, 1.165) is 49.1 Å². The Hall–Kier alpha value is -4.04. The second kappa shape index (κ2) is 15.8. The molecule has 1 aliphatic carbocycles. The molecule has 3 aliphatic rings. The average molecular weight is 749 g/mol. The molecule has 0 spiro atoms. The number of hydrogen-bond donors (Lipinski definition) is 1. The van der Waals surface area contributed by atoms with Gasteiger partial charge >= 0.3 is 0 Å². The van der Waals surface area contributed by atoms with Crippen LogP contribution in [-0.2, 0) is 20.3 Å². The van der Waals surface area contributed by atoms with Gasteiger partial charge in [0.15, 0.2) is 0 Å². The minimum atomic E-state index is -0.692. The molecule has 2 aliphatic heterocycles. The molecule has 7 rings (SSSR count). The van der Waals surface area contributed by atoms with Crippen molar-refractivity contribution in [3.63, 3.8) is 0 Å². The van der Waals surface area contributed by atoms with E-state index in [2.05, 4.69) is 109 Å². The molecule has 7 nitrogen and oxygen atoms in total. The molecule has 4 aromatic carbocycles. The molecule has 0 amide bonds. The van der Waals surface area contributed by atoms with Crippen LogP contribution in [0.3, 0.4) is 0 Å². The fraction of sp³-hybridized carbons (Fsp3) is 0.500. The zero-order valence-electron chi connectivity index (χ0n) is 33.8. The van der Waals surface area contributed by atoms with Crippen molar-refractivity contribution in [1.29, 1.82) is 0 Å². The van der Waals surface area contributed by atoms with Crippen molar-refractivity contribution < 1.29 is 33.5 Å². The third-order valence-electron chi connectivity index (χ3n) is 12.2. The lowest BCUT2D eigenvalue weighted by molar-refractivity contribution is 0.00433. The van der Waals surface area contributed by atoms with Crippen LogP contribution in [0.2, 0.25) is 0 Å². The molecular weight excluding hydrogens is 689 g/mol. The van der Waals surface area contributed by atoms with Crippen LogP contribution in [0, 0.1) is 5.92 Å². The van der Waals surface area contributed by atoms with E-state index in [-0.39, 0.29) is 29.1 Å². The molecule has 4 unspecified atom stereocenters. The van der Waals surface area contributed by atoms with E-state index in [4.69, 9.17) is 28.4 Å². The first-order valence-corrected chi connectivity index (χ1v) is 20.2. The predicted octanol–water partition coefficient (Wildman–Crippen LogP) is 9.83. The molecule has 4 aromatic rings. The molecule has 7 heteroatoms. The molecule has 2 heterocycles. The summed E-state index contributed by atoms with van der Waals surface area (Å²) in [6.07, 6.45) is 4.51. The first-order valence-electron chi connectivity index (χ1n) is 20.2. The van der Waals surface area contributed by atoms with Crippen LogP contribution in [0.25, 0.3) is 0 Å². The number of rotatable bonds is 20. The SMILES string of the molecule is CC[C@@](C)(CC(O)COc1ccc(C(C)(C)c2ccc(OC(C)(CC3CO3)C3CC3)cc2)cc1)Oc1ccc(C(C)(C)c2ccc(OCC3CO3)cc2)cc1. The Bertz CT molecular complexity index is 1840. The number of benzene rings is 4. The highest BCUT2D eigenvalue weighted by Crippen LogP contribution is 2.46. The minimum Gasteiger partial charge on any atom is -0.491 e. The lowest BCUT2D eigenvalue weighted by atomic mass is 9.78. The van der Waals surface area contributed by atoms with Crippen LogP contribution in [0.1, 0.15) is 103 Å². The monoisotopic (exact) mass is 748 g/mol. The Kier molecular flexibility index (Phi) is 11.3. The lowest BCUT2D eigenvalue weighted by Crippen LogP contribution is -2.37. The minimum absolute atomic E-state index is 0.162. The van der Waals surface area contributed by atoms with Gasteiger partial charge in [-0.05, 0) is 110 Å². The van der Waals surface area contributed by atoms with Crippen molar-refractivity contribution >= 4 is 0 Å². The summed E-state index contributed by atoms with van der Waals surface area (Å²) in [5.41, 5.74) is 3.67. The van der Waals surface area contributed by atoms with Crippen LogP contribution < -0.4 is 18.9 Å². The van der Waals surface area contributed by atoms with E-state index >= 15 is 0 Å². The summed E-state index contributed by atoms with van der Waals surface area (Å²) in [7, 11) is 0. The van der Waals surface area contributed by atoms with Gasteiger partial charge in [-0.15, -0.1) is 0 Å². The first kappa shape index (κ1) is 39.2. The third-order valence-corrected chi connectivity index (χ3v) is 12.2. The van der Waals surface area contributed by atoms with Gasteiger partial charge in [-0.25, -0.2) is 0 Å². The van der Waals surface area contributed by atoms with Crippen molar-refractivity contribution in [2.24, 2.45) is 5.92 Å². The topological polar surface area (TPSA) is 82.2 Å². The second-order valence-electron chi connectivity index (χ2n) is 17.5. The van der Waals surface area contributed by atoms with Crippen LogP contribution in [0.5, 0.6) is 23.0 Å². The molecule has 0 bridgehead atoms. The van der Waals surface area contributed by atoms with Gasteiger partial charge in [0.2, 0.25) is 0 Å². The largest absolute Gasteiger partial charge is 0.491 e. The van der Waals surface area contributed by atoms with E-state index in [9.17, 15) is 5.11 Å². The summed E-state index contributed by atoms with van der Waals surface area (Å²) in [6.45, 7) is 17.7. The third kappa shape index (κ3) is 9.86. The summed E-state index contributed by atoms with van der Waals surface area (Å²) >= 11 is 0. The molecule has 1 N–H and O–H groups in total. The van der Waals surface area contributed by atoms with E-state index < -0.39 is 11.7 Å². The maximum Gasteiger partial charge on any atom is 0.120 e. The summed E-state index contributed by atoms with van der Waals surface area (Å²) in [5.74, 6) is 3.91. The van der Waals surface area contributed by atoms with Crippen LogP contribution >= 0.6 is 0 Å². The number of aliphatic hydroxyl groups excluding tert-OH is 1. The smallest absolute Gasteiger partial charge is 0.120 e.